The first-order valence-electron chi connectivity index (χ1n) is 6.86. The molecule has 0 spiro atoms. The van der Waals surface area contributed by atoms with E-state index in [0.29, 0.717) is 13.0 Å². The topological polar surface area (TPSA) is 80.5 Å². The molecule has 0 radical (unpaired) electrons. The fraction of sp³-hybridized carbons (Fsp3) is 0.923. The molecule has 0 fully saturated rings. The Kier molecular flexibility index (Phi) is 8.25. The van der Waals surface area contributed by atoms with Gasteiger partial charge >= 0.3 is 0 Å². The molecule has 0 aliphatic rings. The van der Waals surface area contributed by atoms with Crippen molar-refractivity contribution in [3.8, 4) is 0 Å². The Bertz CT molecular complexity index is 368. The number of carbonyl (C=O) groups is 1. The lowest BCUT2D eigenvalue weighted by atomic mass is 10.1. The van der Waals surface area contributed by atoms with E-state index in [-0.39, 0.29) is 11.9 Å². The molecule has 6 heteroatoms. The zero-order valence-corrected chi connectivity index (χ0v) is 13.4. The Morgan fingerprint density at radius 1 is 1.16 bits per heavy atom. The monoisotopic (exact) mass is 292 g/mol. The average molecular weight is 292 g/mol. The molecule has 114 valence electrons. The molecule has 0 aromatic rings. The molecule has 2 unspecified atom stereocenters. The van der Waals surface area contributed by atoms with E-state index in [4.69, 9.17) is 5.73 Å². The summed E-state index contributed by atoms with van der Waals surface area (Å²) in [6, 6.07) is -0.299. The number of sulfone groups is 1. The molecule has 2 atom stereocenters. The van der Waals surface area contributed by atoms with E-state index in [1.54, 1.807) is 25.8 Å². The molecule has 0 aromatic heterocycles. The highest BCUT2D eigenvalue weighted by atomic mass is 32.2. The van der Waals surface area contributed by atoms with Crippen molar-refractivity contribution in [1.82, 2.24) is 4.90 Å². The third-order valence-corrected chi connectivity index (χ3v) is 5.45. The normalized spacial score (nSPS) is 15.0. The van der Waals surface area contributed by atoms with E-state index in [2.05, 4.69) is 0 Å². The van der Waals surface area contributed by atoms with E-state index in [9.17, 15) is 13.2 Å². The van der Waals surface area contributed by atoms with Crippen LogP contribution in [0, 0.1) is 0 Å². The molecule has 0 aromatic carbocycles. The zero-order valence-electron chi connectivity index (χ0n) is 12.6. The number of nitrogens with zero attached hydrogens (tertiary/aromatic N) is 1. The highest BCUT2D eigenvalue weighted by Gasteiger charge is 2.27. The lowest BCUT2D eigenvalue weighted by Gasteiger charge is -2.29. The van der Waals surface area contributed by atoms with Gasteiger partial charge in [0.25, 0.3) is 0 Å². The van der Waals surface area contributed by atoms with Crippen molar-refractivity contribution in [2.24, 2.45) is 5.73 Å². The van der Waals surface area contributed by atoms with Crippen LogP contribution in [0.15, 0.2) is 0 Å². The second kappa shape index (κ2) is 8.53. The first-order chi connectivity index (χ1) is 8.71. The summed E-state index contributed by atoms with van der Waals surface area (Å²) in [7, 11) is -1.45. The van der Waals surface area contributed by atoms with Gasteiger partial charge in [-0.25, -0.2) is 8.42 Å². The summed E-state index contributed by atoms with van der Waals surface area (Å²) in [6.45, 7) is 4.11. The predicted molar refractivity (Wildman–Crippen MR) is 78.7 cm³/mol. The first kappa shape index (κ1) is 18.4. The number of hydrogen-bond acceptors (Lipinski definition) is 4. The van der Waals surface area contributed by atoms with Crippen LogP contribution in [-0.2, 0) is 14.6 Å². The number of amides is 1. The van der Waals surface area contributed by atoms with E-state index >= 15 is 0 Å². The Labute approximate surface area is 117 Å². The van der Waals surface area contributed by atoms with Gasteiger partial charge in [-0.2, -0.15) is 0 Å². The summed E-state index contributed by atoms with van der Waals surface area (Å²) < 4.78 is 23.0. The molecule has 0 aliphatic heterocycles. The smallest absolute Gasteiger partial charge is 0.222 e. The van der Waals surface area contributed by atoms with E-state index in [1.165, 1.54) is 6.26 Å². The lowest BCUT2D eigenvalue weighted by Crippen LogP contribution is -2.44. The van der Waals surface area contributed by atoms with Gasteiger partial charge in [0.1, 0.15) is 0 Å². The van der Waals surface area contributed by atoms with Crippen molar-refractivity contribution in [2.75, 3.05) is 19.8 Å². The summed E-state index contributed by atoms with van der Waals surface area (Å²) in [6.07, 6.45) is 5.55. The largest absolute Gasteiger partial charge is 0.342 e. The molecule has 5 nitrogen and oxygen atoms in total. The van der Waals surface area contributed by atoms with Gasteiger partial charge in [0, 0.05) is 25.8 Å². The SMILES string of the molecule is CC(C(C)S(C)(=O)=O)N(C)C(=O)CCCCCCN. The first-order valence-corrected chi connectivity index (χ1v) is 8.81. The van der Waals surface area contributed by atoms with Gasteiger partial charge in [-0.1, -0.05) is 12.8 Å². The van der Waals surface area contributed by atoms with Crippen LogP contribution in [0.4, 0.5) is 0 Å². The maximum absolute atomic E-state index is 12.0. The van der Waals surface area contributed by atoms with Crippen LogP contribution in [0.5, 0.6) is 0 Å². The minimum absolute atomic E-state index is 0.00995. The minimum Gasteiger partial charge on any atom is -0.342 e. The third kappa shape index (κ3) is 6.92. The molecule has 0 bridgehead atoms. The van der Waals surface area contributed by atoms with Gasteiger partial charge in [0.15, 0.2) is 9.84 Å². The van der Waals surface area contributed by atoms with Crippen molar-refractivity contribution in [3.05, 3.63) is 0 Å². The quantitative estimate of drug-likeness (QED) is 0.647. The van der Waals surface area contributed by atoms with Gasteiger partial charge in [-0.3, -0.25) is 4.79 Å². The molecule has 0 heterocycles. The highest BCUT2D eigenvalue weighted by molar-refractivity contribution is 7.91. The van der Waals surface area contributed by atoms with Gasteiger partial charge in [-0.15, -0.1) is 0 Å². The zero-order chi connectivity index (χ0) is 15.1. The molecular weight excluding hydrogens is 264 g/mol. The summed E-state index contributed by atoms with van der Waals surface area (Å²) in [5, 5.41) is -0.543. The number of carbonyl (C=O) groups excluding carboxylic acids is 1. The number of hydrogen-bond donors (Lipinski definition) is 1. The maximum atomic E-state index is 12.0. The van der Waals surface area contributed by atoms with Crippen molar-refractivity contribution in [1.29, 1.82) is 0 Å². The standard InChI is InChI=1S/C13H28N2O3S/c1-11(12(2)19(4,17)18)15(3)13(16)9-7-5-6-8-10-14/h11-12H,5-10,14H2,1-4H3. The maximum Gasteiger partial charge on any atom is 0.222 e. The summed E-state index contributed by atoms with van der Waals surface area (Å²) in [5.41, 5.74) is 5.40. The summed E-state index contributed by atoms with van der Waals surface area (Å²) >= 11 is 0. The average Bonchev–Trinajstić information content (AvgIpc) is 2.34. The molecular formula is C13H28N2O3S. The van der Waals surface area contributed by atoms with Gasteiger partial charge in [0.05, 0.1) is 5.25 Å². The highest BCUT2D eigenvalue weighted by Crippen LogP contribution is 2.12. The van der Waals surface area contributed by atoms with Gasteiger partial charge < -0.3 is 10.6 Å². The fourth-order valence-corrected chi connectivity index (χ4v) is 2.75. The molecule has 0 rings (SSSR count). The Balaban J connectivity index is 4.18. The predicted octanol–water partition coefficient (Wildman–Crippen LogP) is 1.18. The van der Waals surface area contributed by atoms with Crippen LogP contribution in [0.1, 0.15) is 46.0 Å². The van der Waals surface area contributed by atoms with Crippen LogP contribution >= 0.6 is 0 Å². The van der Waals surface area contributed by atoms with E-state index in [1.807, 2.05) is 0 Å². The molecule has 19 heavy (non-hydrogen) atoms. The van der Waals surface area contributed by atoms with Crippen molar-refractivity contribution in [3.63, 3.8) is 0 Å². The molecule has 0 aliphatic carbocycles. The van der Waals surface area contributed by atoms with Crippen LogP contribution in [0.25, 0.3) is 0 Å². The molecule has 2 N–H and O–H groups in total. The second-order valence-corrected chi connectivity index (χ2v) is 7.64. The van der Waals surface area contributed by atoms with Crippen molar-refractivity contribution >= 4 is 15.7 Å². The third-order valence-electron chi connectivity index (χ3n) is 3.70. The van der Waals surface area contributed by atoms with Crippen molar-refractivity contribution in [2.45, 2.75) is 57.2 Å². The summed E-state index contributed by atoms with van der Waals surface area (Å²) in [4.78, 5) is 13.5. The minimum atomic E-state index is -3.12. The van der Waals surface area contributed by atoms with Crippen molar-refractivity contribution < 1.29 is 13.2 Å². The number of unbranched alkanes of at least 4 members (excludes halogenated alkanes) is 3. The van der Waals surface area contributed by atoms with Crippen LogP contribution in [0.3, 0.4) is 0 Å². The van der Waals surface area contributed by atoms with Crippen LogP contribution in [-0.4, -0.2) is 50.4 Å². The Hall–Kier alpha value is -0.620. The number of nitrogens with two attached hydrogens (primary N) is 1. The van der Waals surface area contributed by atoms with E-state index < -0.39 is 15.1 Å². The molecule has 0 saturated heterocycles. The van der Waals surface area contributed by atoms with Gasteiger partial charge in [0.2, 0.25) is 5.91 Å². The second-order valence-electron chi connectivity index (χ2n) is 5.23. The van der Waals surface area contributed by atoms with E-state index in [0.717, 1.165) is 25.7 Å². The lowest BCUT2D eigenvalue weighted by molar-refractivity contribution is -0.131. The fourth-order valence-electron chi connectivity index (χ4n) is 1.85. The summed E-state index contributed by atoms with van der Waals surface area (Å²) in [5.74, 6) is 0.00995. The van der Waals surface area contributed by atoms with Crippen LogP contribution < -0.4 is 5.73 Å². The Morgan fingerprint density at radius 3 is 2.16 bits per heavy atom. The molecule has 1 amide bonds. The van der Waals surface area contributed by atoms with Gasteiger partial charge in [-0.05, 0) is 33.2 Å². The Morgan fingerprint density at radius 2 is 1.68 bits per heavy atom. The van der Waals surface area contributed by atoms with Crippen LogP contribution in [0.2, 0.25) is 0 Å². The molecule has 0 saturated carbocycles. The number of rotatable bonds is 9.